The van der Waals surface area contributed by atoms with Crippen LogP contribution in [0, 0.1) is 28.4 Å². The van der Waals surface area contributed by atoms with Gasteiger partial charge in [0.05, 0.1) is 22.8 Å². The van der Waals surface area contributed by atoms with Gasteiger partial charge < -0.3 is 9.15 Å². The molecule has 0 radical (unpaired) electrons. The van der Waals surface area contributed by atoms with Crippen LogP contribution >= 0.6 is 11.6 Å². The van der Waals surface area contributed by atoms with Gasteiger partial charge in [0.15, 0.2) is 5.82 Å². The van der Waals surface area contributed by atoms with Gasteiger partial charge in [0.1, 0.15) is 23.2 Å². The number of nitrogens with zero attached hydrogens (tertiary/aromatic N) is 4. The van der Waals surface area contributed by atoms with Crippen LogP contribution < -0.4 is 5.43 Å². The van der Waals surface area contributed by atoms with E-state index in [9.17, 15) is 15.4 Å². The molecule has 0 amide bonds. The zero-order chi connectivity index (χ0) is 21.7. The number of pyridine rings is 1. The van der Waals surface area contributed by atoms with E-state index in [4.69, 9.17) is 20.8 Å². The Bertz CT molecular complexity index is 1170. The fourth-order valence-corrected chi connectivity index (χ4v) is 2.97. The van der Waals surface area contributed by atoms with E-state index < -0.39 is 4.92 Å². The Labute approximate surface area is 176 Å². The van der Waals surface area contributed by atoms with Crippen molar-refractivity contribution in [1.82, 2.24) is 4.98 Å². The lowest BCUT2D eigenvalue weighted by molar-refractivity contribution is -0.384. The van der Waals surface area contributed by atoms with Gasteiger partial charge in [-0.25, -0.2) is 4.98 Å². The van der Waals surface area contributed by atoms with E-state index in [1.165, 1.54) is 24.4 Å². The largest absolute Gasteiger partial charge is 0.455 e. The van der Waals surface area contributed by atoms with Crippen molar-refractivity contribution in [2.24, 2.45) is 5.10 Å². The molecule has 0 aliphatic rings. The molecule has 0 saturated heterocycles. The van der Waals surface area contributed by atoms with Crippen LogP contribution in [-0.4, -0.2) is 23.2 Å². The van der Waals surface area contributed by atoms with Crippen molar-refractivity contribution < 1.29 is 14.1 Å². The predicted molar refractivity (Wildman–Crippen MR) is 111 cm³/mol. The number of hydrazone groups is 1. The second-order valence-electron chi connectivity index (χ2n) is 6.18. The van der Waals surface area contributed by atoms with E-state index in [-0.39, 0.29) is 12.3 Å². The first kappa shape index (κ1) is 21.0. The molecule has 2 aromatic heterocycles. The predicted octanol–water partition coefficient (Wildman–Crippen LogP) is 4.68. The third-order valence-electron chi connectivity index (χ3n) is 4.06. The topological polar surface area (TPSA) is 127 Å². The lowest BCUT2D eigenvalue weighted by Crippen LogP contribution is -2.03. The number of nitro benzene ring substituents is 1. The monoisotopic (exact) mass is 425 g/mol. The van der Waals surface area contributed by atoms with Gasteiger partial charge in [-0.3, -0.25) is 15.5 Å². The smallest absolute Gasteiger partial charge is 0.270 e. The third kappa shape index (κ3) is 4.63. The van der Waals surface area contributed by atoms with E-state index in [1.807, 2.05) is 0 Å². The number of ether oxygens (including phenoxy) is 1. The van der Waals surface area contributed by atoms with E-state index in [1.54, 1.807) is 32.2 Å². The number of methoxy groups -OCH3 is 1. The first-order valence-electron chi connectivity index (χ1n) is 8.65. The Balaban J connectivity index is 1.82. The van der Waals surface area contributed by atoms with Crippen LogP contribution in [0.25, 0.3) is 11.3 Å². The van der Waals surface area contributed by atoms with Gasteiger partial charge >= 0.3 is 0 Å². The van der Waals surface area contributed by atoms with Crippen LogP contribution in [-0.2, 0) is 11.3 Å². The highest BCUT2D eigenvalue weighted by molar-refractivity contribution is 6.33. The molecule has 0 saturated carbocycles. The molecule has 0 unspecified atom stereocenters. The second-order valence-corrected chi connectivity index (χ2v) is 6.59. The number of nitrogens with one attached hydrogen (secondary N) is 1. The Kier molecular flexibility index (Phi) is 6.41. The highest BCUT2D eigenvalue weighted by Gasteiger charge is 2.14. The fraction of sp³-hybridized carbons (Fsp3) is 0.150. The van der Waals surface area contributed by atoms with Gasteiger partial charge in [-0.15, -0.1) is 0 Å². The summed E-state index contributed by atoms with van der Waals surface area (Å²) >= 11 is 6.14. The lowest BCUT2D eigenvalue weighted by Gasteiger charge is -2.08. The maximum atomic E-state index is 11.0. The molecule has 30 heavy (non-hydrogen) atoms. The summed E-state index contributed by atoms with van der Waals surface area (Å²) in [5.41, 5.74) is 4.79. The van der Waals surface area contributed by atoms with Gasteiger partial charge in [-0.05, 0) is 31.2 Å². The Morgan fingerprint density at radius 1 is 1.40 bits per heavy atom. The summed E-state index contributed by atoms with van der Waals surface area (Å²) < 4.78 is 10.8. The number of nitriles is 1. The van der Waals surface area contributed by atoms with Gasteiger partial charge in [-0.2, -0.15) is 10.4 Å². The number of hydrogen-bond acceptors (Lipinski definition) is 8. The molecule has 0 atom stereocenters. The van der Waals surface area contributed by atoms with Crippen molar-refractivity contribution in [3.8, 4) is 17.4 Å². The van der Waals surface area contributed by atoms with E-state index in [0.29, 0.717) is 44.7 Å². The van der Waals surface area contributed by atoms with Crippen molar-refractivity contribution in [3.05, 3.63) is 74.1 Å². The number of furan rings is 1. The minimum atomic E-state index is -0.505. The zero-order valence-electron chi connectivity index (χ0n) is 16.0. The molecule has 152 valence electrons. The molecule has 3 rings (SSSR count). The second kappa shape index (κ2) is 9.17. The molecule has 0 bridgehead atoms. The molecule has 9 nitrogen and oxygen atoms in total. The third-order valence-corrected chi connectivity index (χ3v) is 4.39. The molecular formula is C20H16ClN5O4. The van der Waals surface area contributed by atoms with Crippen LogP contribution in [0.4, 0.5) is 11.5 Å². The number of hydrogen-bond donors (Lipinski definition) is 1. The molecule has 2 heterocycles. The number of aromatic nitrogens is 1. The van der Waals surface area contributed by atoms with Crippen molar-refractivity contribution in [2.75, 3.05) is 12.5 Å². The molecule has 0 aliphatic carbocycles. The Morgan fingerprint density at radius 3 is 2.90 bits per heavy atom. The lowest BCUT2D eigenvalue weighted by atomic mass is 10.1. The quantitative estimate of drug-likeness (QED) is 0.331. The molecule has 0 fully saturated rings. The van der Waals surface area contributed by atoms with Crippen LogP contribution in [0.15, 0.2) is 45.9 Å². The maximum absolute atomic E-state index is 11.0. The summed E-state index contributed by atoms with van der Waals surface area (Å²) in [5.74, 6) is 1.04. The van der Waals surface area contributed by atoms with E-state index >= 15 is 0 Å². The van der Waals surface area contributed by atoms with Crippen LogP contribution in [0.5, 0.6) is 0 Å². The molecule has 1 aromatic carbocycles. The number of non-ortho nitro benzene ring substituents is 1. The summed E-state index contributed by atoms with van der Waals surface area (Å²) in [4.78, 5) is 14.8. The van der Waals surface area contributed by atoms with Crippen molar-refractivity contribution in [2.45, 2.75) is 13.5 Å². The summed E-state index contributed by atoms with van der Waals surface area (Å²) in [6.07, 6.45) is 1.40. The average molecular weight is 426 g/mol. The summed E-state index contributed by atoms with van der Waals surface area (Å²) in [7, 11) is 1.55. The minimum absolute atomic E-state index is 0.0934. The molecule has 1 N–H and O–H groups in total. The minimum Gasteiger partial charge on any atom is -0.455 e. The number of rotatable bonds is 7. The molecule has 0 aliphatic heterocycles. The van der Waals surface area contributed by atoms with Gasteiger partial charge in [0.2, 0.25) is 0 Å². The van der Waals surface area contributed by atoms with Crippen molar-refractivity contribution >= 4 is 29.3 Å². The van der Waals surface area contributed by atoms with Crippen molar-refractivity contribution in [1.29, 1.82) is 5.26 Å². The Morgan fingerprint density at radius 2 is 2.20 bits per heavy atom. The maximum Gasteiger partial charge on any atom is 0.270 e. The molecule has 3 aromatic rings. The standard InChI is InChI=1S/C20H16ClN5O4/c1-12-7-13(11-29-2)17(9-22)20(24-12)25-23-10-15-4-6-19(30-15)16-8-14(26(27)28)3-5-18(16)21/h3-8,10H,11H2,1-2H3,(H,24,25). The van der Waals surface area contributed by atoms with Crippen LogP contribution in [0.3, 0.4) is 0 Å². The van der Waals surface area contributed by atoms with Crippen LogP contribution in [0.2, 0.25) is 5.02 Å². The van der Waals surface area contributed by atoms with E-state index in [2.05, 4.69) is 21.6 Å². The summed E-state index contributed by atoms with van der Waals surface area (Å²) in [5, 5.41) is 24.8. The SMILES string of the molecule is COCc1cc(C)nc(NN=Cc2ccc(-c3cc([N+](=O)[O-])ccc3Cl)o2)c1C#N. The number of anilines is 1. The fourth-order valence-electron chi connectivity index (χ4n) is 2.76. The number of aryl methyl sites for hydroxylation is 1. The Hall–Kier alpha value is -3.74. The number of halogens is 1. The zero-order valence-corrected chi connectivity index (χ0v) is 16.8. The first-order chi connectivity index (χ1) is 14.4. The summed E-state index contributed by atoms with van der Waals surface area (Å²) in [6.45, 7) is 2.08. The molecular weight excluding hydrogens is 410 g/mol. The van der Waals surface area contributed by atoms with Crippen molar-refractivity contribution in [3.63, 3.8) is 0 Å². The van der Waals surface area contributed by atoms with Gasteiger partial charge in [0.25, 0.3) is 5.69 Å². The number of benzene rings is 1. The molecule has 10 heteroatoms. The normalized spacial score (nSPS) is 10.9. The first-order valence-corrected chi connectivity index (χ1v) is 9.03. The van der Waals surface area contributed by atoms with Crippen LogP contribution in [0.1, 0.15) is 22.6 Å². The highest BCUT2D eigenvalue weighted by Crippen LogP contribution is 2.32. The highest BCUT2D eigenvalue weighted by atomic mass is 35.5. The van der Waals surface area contributed by atoms with Gasteiger partial charge in [-0.1, -0.05) is 11.6 Å². The molecule has 0 spiro atoms. The number of nitro groups is 1. The van der Waals surface area contributed by atoms with E-state index in [0.717, 1.165) is 0 Å². The van der Waals surface area contributed by atoms with Gasteiger partial charge in [0, 0.05) is 36.1 Å². The summed E-state index contributed by atoms with van der Waals surface area (Å²) in [6, 6.07) is 11.3. The average Bonchev–Trinajstić information content (AvgIpc) is 3.17.